The Labute approximate surface area is 255 Å². The van der Waals surface area contributed by atoms with Crippen LogP contribution in [0.1, 0.15) is 0 Å². The van der Waals surface area contributed by atoms with Gasteiger partial charge in [0.15, 0.2) is 0 Å². The second-order valence-electron chi connectivity index (χ2n) is 10.6. The Hall–Kier alpha value is -5.10. The average molecular weight is 587 g/mol. The normalized spacial score (nSPS) is 11.7. The SMILES string of the molecule is c1ccc2sc(-c3ccc(-c4cc(-c5nc6ccccc6s5)cc(-c5cccc6c5oc5ccccc56)c4)cc3)nc2c1. The predicted octanol–water partition coefficient (Wildman–Crippen LogP) is 11.5. The Morgan fingerprint density at radius 3 is 1.77 bits per heavy atom. The molecule has 9 rings (SSSR count). The maximum atomic E-state index is 6.45. The van der Waals surface area contributed by atoms with E-state index in [4.69, 9.17) is 14.4 Å². The first-order chi connectivity index (χ1) is 21.3. The summed E-state index contributed by atoms with van der Waals surface area (Å²) < 4.78 is 8.84. The van der Waals surface area contributed by atoms with Crippen molar-refractivity contribution in [3.63, 3.8) is 0 Å². The molecule has 0 N–H and O–H groups in total. The lowest BCUT2D eigenvalue weighted by Gasteiger charge is -2.11. The van der Waals surface area contributed by atoms with Crippen LogP contribution in [0.4, 0.5) is 0 Å². The average Bonchev–Trinajstić information content (AvgIpc) is 3.79. The fourth-order valence-corrected chi connectivity index (χ4v) is 7.77. The molecule has 202 valence electrons. The number of nitrogens with zero attached hydrogens (tertiary/aromatic N) is 2. The maximum absolute atomic E-state index is 6.45. The van der Waals surface area contributed by atoms with E-state index in [0.717, 1.165) is 76.4 Å². The van der Waals surface area contributed by atoms with Gasteiger partial charge in [0.1, 0.15) is 21.2 Å². The Kier molecular flexibility index (Phi) is 5.54. The molecule has 0 aliphatic heterocycles. The van der Waals surface area contributed by atoms with Gasteiger partial charge in [-0.05, 0) is 65.2 Å². The summed E-state index contributed by atoms with van der Waals surface area (Å²) in [5, 5.41) is 4.30. The van der Waals surface area contributed by atoms with Crippen LogP contribution < -0.4 is 0 Å². The summed E-state index contributed by atoms with van der Waals surface area (Å²) in [6.07, 6.45) is 0. The summed E-state index contributed by atoms with van der Waals surface area (Å²) in [4.78, 5) is 9.87. The molecule has 0 atom stereocenters. The van der Waals surface area contributed by atoms with E-state index in [9.17, 15) is 0 Å². The topological polar surface area (TPSA) is 38.9 Å². The minimum absolute atomic E-state index is 0.901. The Balaban J connectivity index is 1.21. The number of aromatic nitrogens is 2. The van der Waals surface area contributed by atoms with Crippen molar-refractivity contribution in [1.82, 2.24) is 9.97 Å². The van der Waals surface area contributed by atoms with Crippen LogP contribution in [0.3, 0.4) is 0 Å². The first-order valence-electron chi connectivity index (χ1n) is 14.1. The number of fused-ring (bicyclic) bond motifs is 5. The minimum Gasteiger partial charge on any atom is -0.455 e. The fraction of sp³-hybridized carbons (Fsp3) is 0. The Morgan fingerprint density at radius 1 is 0.442 bits per heavy atom. The van der Waals surface area contributed by atoms with Gasteiger partial charge in [0.25, 0.3) is 0 Å². The largest absolute Gasteiger partial charge is 0.455 e. The number of thiazole rings is 2. The van der Waals surface area contributed by atoms with Crippen LogP contribution in [-0.2, 0) is 0 Å². The molecule has 0 saturated heterocycles. The highest BCUT2D eigenvalue weighted by molar-refractivity contribution is 7.22. The highest BCUT2D eigenvalue weighted by Gasteiger charge is 2.16. The third-order valence-electron chi connectivity index (χ3n) is 7.95. The molecule has 0 aliphatic rings. The Bertz CT molecular complexity index is 2400. The molecule has 6 aromatic carbocycles. The van der Waals surface area contributed by atoms with E-state index < -0.39 is 0 Å². The van der Waals surface area contributed by atoms with Crippen LogP contribution in [0, 0.1) is 0 Å². The van der Waals surface area contributed by atoms with Crippen molar-refractivity contribution in [2.75, 3.05) is 0 Å². The molecule has 3 heterocycles. The van der Waals surface area contributed by atoms with Gasteiger partial charge in [-0.3, -0.25) is 0 Å². The second kappa shape index (κ2) is 9.73. The number of hydrogen-bond acceptors (Lipinski definition) is 5. The van der Waals surface area contributed by atoms with Gasteiger partial charge in [-0.25, -0.2) is 9.97 Å². The van der Waals surface area contributed by atoms with Crippen LogP contribution in [0.2, 0.25) is 0 Å². The maximum Gasteiger partial charge on any atom is 0.143 e. The van der Waals surface area contributed by atoms with E-state index in [1.54, 1.807) is 22.7 Å². The third-order valence-corrected chi connectivity index (χ3v) is 10.1. The summed E-state index contributed by atoms with van der Waals surface area (Å²) in [7, 11) is 0. The molecule has 3 aromatic heterocycles. The van der Waals surface area contributed by atoms with E-state index >= 15 is 0 Å². The van der Waals surface area contributed by atoms with Gasteiger partial charge in [-0.15, -0.1) is 22.7 Å². The van der Waals surface area contributed by atoms with Gasteiger partial charge >= 0.3 is 0 Å². The third kappa shape index (κ3) is 4.16. The number of rotatable bonds is 4. The monoisotopic (exact) mass is 586 g/mol. The van der Waals surface area contributed by atoms with Gasteiger partial charge < -0.3 is 4.42 Å². The van der Waals surface area contributed by atoms with E-state index in [-0.39, 0.29) is 0 Å². The summed E-state index contributed by atoms with van der Waals surface area (Å²) in [6.45, 7) is 0. The van der Waals surface area contributed by atoms with Crippen LogP contribution in [0.15, 0.2) is 138 Å². The van der Waals surface area contributed by atoms with E-state index in [2.05, 4.69) is 109 Å². The van der Waals surface area contributed by atoms with E-state index in [1.807, 2.05) is 24.3 Å². The molecule has 0 saturated carbocycles. The van der Waals surface area contributed by atoms with Gasteiger partial charge in [0.2, 0.25) is 0 Å². The van der Waals surface area contributed by atoms with Crippen LogP contribution in [0.25, 0.3) is 85.8 Å². The molecule has 0 aliphatic carbocycles. The summed E-state index contributed by atoms with van der Waals surface area (Å²) >= 11 is 3.45. The van der Waals surface area contributed by atoms with Crippen molar-refractivity contribution >= 4 is 65.0 Å². The zero-order valence-corrected chi connectivity index (χ0v) is 24.5. The van der Waals surface area contributed by atoms with Crippen molar-refractivity contribution in [3.8, 4) is 43.4 Å². The van der Waals surface area contributed by atoms with Gasteiger partial charge in [0, 0.05) is 27.5 Å². The standard InChI is InChI=1S/C38H22N2OS2/c1-4-13-33-29(8-1)30-10-7-9-28(36(30)41-33)26-20-25(21-27(22-26)38-40-32-12-3-6-15-35(32)43-38)23-16-18-24(19-17-23)37-39-31-11-2-5-14-34(31)42-37/h1-22H. The Morgan fingerprint density at radius 2 is 1.02 bits per heavy atom. The summed E-state index contributed by atoms with van der Waals surface area (Å²) in [6, 6.07) is 46.8. The molecule has 0 unspecified atom stereocenters. The first-order valence-corrected chi connectivity index (χ1v) is 15.8. The van der Waals surface area contributed by atoms with Crippen LogP contribution in [0.5, 0.6) is 0 Å². The molecule has 0 bridgehead atoms. The lowest BCUT2D eigenvalue weighted by atomic mass is 9.95. The van der Waals surface area contributed by atoms with E-state index in [1.165, 1.54) is 9.40 Å². The number of furan rings is 1. The molecule has 3 nitrogen and oxygen atoms in total. The molecule has 0 radical (unpaired) electrons. The lowest BCUT2D eigenvalue weighted by molar-refractivity contribution is 0.670. The zero-order chi connectivity index (χ0) is 28.3. The van der Waals surface area contributed by atoms with Crippen molar-refractivity contribution in [2.45, 2.75) is 0 Å². The summed E-state index contributed by atoms with van der Waals surface area (Å²) in [5.74, 6) is 0. The van der Waals surface area contributed by atoms with E-state index in [0.29, 0.717) is 0 Å². The zero-order valence-electron chi connectivity index (χ0n) is 22.8. The summed E-state index contributed by atoms with van der Waals surface area (Å²) in [5.41, 5.74) is 10.5. The minimum atomic E-state index is 0.901. The van der Waals surface area contributed by atoms with Gasteiger partial charge in [-0.2, -0.15) is 0 Å². The fourth-order valence-electron chi connectivity index (χ4n) is 5.84. The molecular weight excluding hydrogens is 565 g/mol. The molecular formula is C38H22N2OS2. The molecule has 0 fully saturated rings. The molecule has 5 heteroatoms. The lowest BCUT2D eigenvalue weighted by Crippen LogP contribution is -1.87. The van der Waals surface area contributed by atoms with Crippen LogP contribution >= 0.6 is 22.7 Å². The molecule has 43 heavy (non-hydrogen) atoms. The smallest absolute Gasteiger partial charge is 0.143 e. The molecule has 0 spiro atoms. The van der Waals surface area contributed by atoms with Crippen molar-refractivity contribution in [2.24, 2.45) is 0 Å². The van der Waals surface area contributed by atoms with Crippen LogP contribution in [-0.4, -0.2) is 9.97 Å². The van der Waals surface area contributed by atoms with Gasteiger partial charge in [0.05, 0.1) is 20.4 Å². The van der Waals surface area contributed by atoms with Crippen molar-refractivity contribution in [3.05, 3.63) is 133 Å². The second-order valence-corrected chi connectivity index (χ2v) is 12.7. The van der Waals surface area contributed by atoms with Crippen molar-refractivity contribution < 1.29 is 4.42 Å². The van der Waals surface area contributed by atoms with Gasteiger partial charge in [-0.1, -0.05) is 84.9 Å². The highest BCUT2D eigenvalue weighted by atomic mass is 32.1. The number of benzene rings is 6. The highest BCUT2D eigenvalue weighted by Crippen LogP contribution is 2.41. The molecule has 0 amide bonds. The number of hydrogen-bond donors (Lipinski definition) is 0. The predicted molar refractivity (Wildman–Crippen MR) is 182 cm³/mol. The molecule has 9 aromatic rings. The number of para-hydroxylation sites is 4. The van der Waals surface area contributed by atoms with Crippen molar-refractivity contribution in [1.29, 1.82) is 0 Å². The first kappa shape index (κ1) is 24.5. The quantitative estimate of drug-likeness (QED) is 0.206.